The molecule has 3 rings (SSSR count). The molecule has 0 radical (unpaired) electrons. The summed E-state index contributed by atoms with van der Waals surface area (Å²) in [6, 6.07) is 8.02. The number of ketones is 1. The van der Waals surface area contributed by atoms with Crippen LogP contribution < -0.4 is 0 Å². The highest BCUT2D eigenvalue weighted by molar-refractivity contribution is 8.01. The summed E-state index contributed by atoms with van der Waals surface area (Å²) in [7, 11) is 0. The maximum atomic E-state index is 12.7. The fraction of sp³-hybridized carbons (Fsp3) is 0.455. The van der Waals surface area contributed by atoms with Gasteiger partial charge in [-0.1, -0.05) is 24.3 Å². The van der Waals surface area contributed by atoms with Crippen molar-refractivity contribution >= 4 is 62.3 Å². The van der Waals surface area contributed by atoms with Crippen molar-refractivity contribution in [1.82, 2.24) is 0 Å². The van der Waals surface area contributed by atoms with E-state index in [0.29, 0.717) is 0 Å². The normalized spacial score (nSPS) is 23.2. The number of aliphatic hydroxyl groups is 2. The van der Waals surface area contributed by atoms with Gasteiger partial charge in [-0.05, 0) is 52.8 Å². The Kier molecular flexibility index (Phi) is 8.42. The number of hydrogen-bond acceptors (Lipinski definition) is 7. The fourth-order valence-electron chi connectivity index (χ4n) is 3.79. The van der Waals surface area contributed by atoms with Crippen LogP contribution in [0.2, 0.25) is 0 Å². The van der Waals surface area contributed by atoms with Gasteiger partial charge in [-0.15, -0.1) is 23.1 Å². The highest BCUT2D eigenvalue weighted by Gasteiger charge is 2.44. The van der Waals surface area contributed by atoms with Gasteiger partial charge in [0.15, 0.2) is 0 Å². The summed E-state index contributed by atoms with van der Waals surface area (Å²) >= 11 is 4.52. The first-order valence-corrected chi connectivity index (χ1v) is 12.9. The second kappa shape index (κ2) is 10.8. The molecule has 30 heavy (non-hydrogen) atoms. The molecule has 1 saturated carbocycles. The molecule has 1 fully saturated rings. The first-order chi connectivity index (χ1) is 14.4. The lowest BCUT2D eigenvalue weighted by Gasteiger charge is -2.24. The molecule has 1 aromatic carbocycles. The van der Waals surface area contributed by atoms with Gasteiger partial charge in [0.05, 0.1) is 23.2 Å². The van der Waals surface area contributed by atoms with Crippen molar-refractivity contribution in [3.05, 3.63) is 41.3 Å². The van der Waals surface area contributed by atoms with Crippen LogP contribution in [0.25, 0.3) is 15.7 Å². The number of carboxylic acids is 1. The van der Waals surface area contributed by atoms with Crippen LogP contribution in [0, 0.1) is 5.92 Å². The van der Waals surface area contributed by atoms with Crippen molar-refractivity contribution in [2.75, 3.05) is 17.3 Å². The van der Waals surface area contributed by atoms with E-state index in [1.165, 1.54) is 23.5 Å². The molecule has 2 aromatic rings. The van der Waals surface area contributed by atoms with Gasteiger partial charge in [0.2, 0.25) is 0 Å². The third-order valence-electron chi connectivity index (χ3n) is 5.00. The van der Waals surface area contributed by atoms with Gasteiger partial charge >= 0.3 is 5.97 Å². The zero-order valence-corrected chi connectivity index (χ0v) is 19.1. The number of Topliss-reactive ketones (excluding diaryl/α,β-unsaturated/α-hetero) is 1. The lowest BCUT2D eigenvalue weighted by atomic mass is 9.88. The van der Waals surface area contributed by atoms with Crippen LogP contribution in [-0.4, -0.2) is 61.8 Å². The Balaban J connectivity index is 1.80. The summed E-state index contributed by atoms with van der Waals surface area (Å²) < 4.78 is 1.13. The Morgan fingerprint density at radius 1 is 1.33 bits per heavy atom. The minimum Gasteiger partial charge on any atom is -0.481 e. The molecule has 3 N–H and O–H groups in total. The van der Waals surface area contributed by atoms with Crippen LogP contribution in [-0.2, 0) is 9.59 Å². The lowest BCUT2D eigenvalue weighted by molar-refractivity contribution is -0.133. The molecule has 8 heteroatoms. The van der Waals surface area contributed by atoms with E-state index in [1.54, 1.807) is 24.3 Å². The predicted octanol–water partition coefficient (Wildman–Crippen LogP) is 3.93. The van der Waals surface area contributed by atoms with Crippen molar-refractivity contribution in [3.63, 3.8) is 0 Å². The first kappa shape index (κ1) is 23.3. The van der Waals surface area contributed by atoms with E-state index in [4.69, 9.17) is 5.11 Å². The minimum atomic E-state index is -0.822. The van der Waals surface area contributed by atoms with E-state index in [2.05, 4.69) is 0 Å². The van der Waals surface area contributed by atoms with E-state index in [0.717, 1.165) is 39.1 Å². The molecule has 0 spiro atoms. The maximum Gasteiger partial charge on any atom is 0.313 e. The first-order valence-electron chi connectivity index (χ1n) is 9.86. The Bertz CT molecular complexity index is 920. The van der Waals surface area contributed by atoms with E-state index in [-0.39, 0.29) is 29.1 Å². The smallest absolute Gasteiger partial charge is 0.313 e. The number of aliphatic hydroxyl groups excluding tert-OH is 2. The number of benzene rings is 1. The summed E-state index contributed by atoms with van der Waals surface area (Å²) in [4.78, 5) is 23.3. The highest BCUT2D eigenvalue weighted by Crippen LogP contribution is 2.44. The monoisotopic (exact) mass is 466 g/mol. The number of carbonyl (C=O) groups is 2. The highest BCUT2D eigenvalue weighted by atomic mass is 32.2. The molecular weight excluding hydrogens is 440 g/mol. The largest absolute Gasteiger partial charge is 0.481 e. The molecule has 1 heterocycles. The van der Waals surface area contributed by atoms with E-state index < -0.39 is 18.2 Å². The molecule has 1 aromatic heterocycles. The predicted molar refractivity (Wildman–Crippen MR) is 126 cm³/mol. The standard InChI is InChI=1S/C22H26O5S3/c1-13(23)9-15(16-11-30-19-6-3-2-5-14(16)19)21-17(24)10-18(25)22(21)29-8-4-7-28-12-20(26)27/h2-3,5-6,9,11,13,17,21-24H,4,7-8,10,12H2,1H3,(H,26,27)/t13?,17-,21+,22?/m1/s1. The number of thioether (sulfide) groups is 2. The van der Waals surface area contributed by atoms with E-state index in [1.807, 2.05) is 29.6 Å². The molecule has 5 nitrogen and oxygen atoms in total. The second-order valence-corrected chi connectivity index (χ2v) is 10.6. The van der Waals surface area contributed by atoms with Crippen molar-refractivity contribution in [3.8, 4) is 0 Å². The summed E-state index contributed by atoms with van der Waals surface area (Å²) in [6.07, 6.45) is 1.21. The van der Waals surface area contributed by atoms with Crippen LogP contribution in [0.4, 0.5) is 0 Å². The molecular formula is C22H26O5S3. The molecule has 2 unspecified atom stereocenters. The summed E-state index contributed by atoms with van der Waals surface area (Å²) in [5.74, 6) is 0.365. The number of aliphatic carboxylic acids is 1. The van der Waals surface area contributed by atoms with Gasteiger partial charge in [-0.2, -0.15) is 11.8 Å². The number of rotatable bonds is 10. The minimum absolute atomic E-state index is 0.0340. The number of hydrogen-bond donors (Lipinski definition) is 3. The molecule has 0 bridgehead atoms. The van der Waals surface area contributed by atoms with Crippen LogP contribution in [0.1, 0.15) is 25.3 Å². The molecule has 0 aliphatic heterocycles. The molecule has 162 valence electrons. The number of carbonyl (C=O) groups excluding carboxylic acids is 1. The molecule has 0 saturated heterocycles. The van der Waals surface area contributed by atoms with Crippen LogP contribution in [0.15, 0.2) is 35.7 Å². The maximum absolute atomic E-state index is 12.7. The summed E-state index contributed by atoms with van der Waals surface area (Å²) in [6.45, 7) is 1.68. The van der Waals surface area contributed by atoms with Gasteiger partial charge in [-0.25, -0.2) is 0 Å². The second-order valence-electron chi connectivity index (χ2n) is 7.36. The lowest BCUT2D eigenvalue weighted by Crippen LogP contribution is -2.25. The topological polar surface area (TPSA) is 94.8 Å². The fourth-order valence-corrected chi connectivity index (χ4v) is 6.99. The molecule has 1 aliphatic rings. The average Bonchev–Trinajstić information content (AvgIpc) is 3.23. The van der Waals surface area contributed by atoms with Crippen LogP contribution in [0.3, 0.4) is 0 Å². The van der Waals surface area contributed by atoms with Crippen molar-refractivity contribution in [2.45, 2.75) is 37.2 Å². The van der Waals surface area contributed by atoms with E-state index >= 15 is 0 Å². The van der Waals surface area contributed by atoms with Crippen molar-refractivity contribution in [1.29, 1.82) is 0 Å². The molecule has 1 aliphatic carbocycles. The van der Waals surface area contributed by atoms with Gasteiger partial charge < -0.3 is 15.3 Å². The third-order valence-corrected chi connectivity index (χ3v) is 8.43. The van der Waals surface area contributed by atoms with Crippen LogP contribution >= 0.6 is 34.9 Å². The Labute approximate surface area is 188 Å². The van der Waals surface area contributed by atoms with Gasteiger partial charge in [0, 0.05) is 17.0 Å². The number of thiophene rings is 1. The SMILES string of the molecule is CC(O)C=C(c1csc2ccccc12)[C@@H]1C(SCCCSCC(=O)O)C(=O)C[C@H]1O. The van der Waals surface area contributed by atoms with Gasteiger partial charge in [0.1, 0.15) is 5.78 Å². The Morgan fingerprint density at radius 2 is 2.10 bits per heavy atom. The Morgan fingerprint density at radius 3 is 2.83 bits per heavy atom. The van der Waals surface area contributed by atoms with Crippen molar-refractivity contribution in [2.24, 2.45) is 5.92 Å². The number of carboxylic acid groups (broad SMARTS) is 1. The van der Waals surface area contributed by atoms with E-state index in [9.17, 15) is 19.8 Å². The zero-order chi connectivity index (χ0) is 21.7. The Hall–Kier alpha value is -1.32. The van der Waals surface area contributed by atoms with Crippen LogP contribution in [0.5, 0.6) is 0 Å². The zero-order valence-electron chi connectivity index (χ0n) is 16.7. The van der Waals surface area contributed by atoms with Gasteiger partial charge in [-0.3, -0.25) is 9.59 Å². The number of fused-ring (bicyclic) bond motifs is 1. The summed E-state index contributed by atoms with van der Waals surface area (Å²) in [5.41, 5.74) is 1.80. The quantitative estimate of drug-likeness (QED) is 0.457. The summed E-state index contributed by atoms with van der Waals surface area (Å²) in [5, 5.41) is 32.3. The van der Waals surface area contributed by atoms with Gasteiger partial charge in [0.25, 0.3) is 0 Å². The molecule has 0 amide bonds. The van der Waals surface area contributed by atoms with Crippen molar-refractivity contribution < 1.29 is 24.9 Å². The molecule has 4 atom stereocenters. The average molecular weight is 467 g/mol. The third kappa shape index (κ3) is 5.68.